The van der Waals surface area contributed by atoms with E-state index in [1.165, 1.54) is 64.2 Å². The number of hydrogen-bond acceptors (Lipinski definition) is 5. The summed E-state index contributed by atoms with van der Waals surface area (Å²) in [5.41, 5.74) is 0. The standard InChI is InChI=1S/C21H40O5/c1-2-3-4-5-6-7-8-9-10-11-12-13-14-15-25-19(16-22)21-20(24)18(23)17-26-21/h14-15,18-24H,2-13,16-17H2,1H3/b15-14+/t18-,19+,20+,21+/m0/s1. The topological polar surface area (TPSA) is 79.2 Å². The van der Waals surface area contributed by atoms with Gasteiger partial charge >= 0.3 is 0 Å². The van der Waals surface area contributed by atoms with E-state index >= 15 is 0 Å². The molecule has 0 aliphatic carbocycles. The zero-order valence-electron chi connectivity index (χ0n) is 16.5. The number of rotatable bonds is 16. The molecule has 3 N–H and O–H groups in total. The molecule has 0 aromatic rings. The number of aliphatic hydroxyl groups is 3. The first-order valence-corrected chi connectivity index (χ1v) is 10.6. The summed E-state index contributed by atoms with van der Waals surface area (Å²) in [7, 11) is 0. The number of aliphatic hydroxyl groups excluding tert-OH is 3. The Bertz CT molecular complexity index is 347. The molecule has 26 heavy (non-hydrogen) atoms. The summed E-state index contributed by atoms with van der Waals surface area (Å²) < 4.78 is 10.7. The average molecular weight is 373 g/mol. The lowest BCUT2D eigenvalue weighted by Crippen LogP contribution is -2.41. The second-order valence-corrected chi connectivity index (χ2v) is 7.41. The van der Waals surface area contributed by atoms with Gasteiger partial charge in [0, 0.05) is 0 Å². The Morgan fingerprint density at radius 2 is 1.54 bits per heavy atom. The first kappa shape index (κ1) is 23.4. The van der Waals surface area contributed by atoms with Gasteiger partial charge in [-0.25, -0.2) is 0 Å². The Morgan fingerprint density at radius 1 is 0.962 bits per heavy atom. The molecule has 0 spiro atoms. The highest BCUT2D eigenvalue weighted by atomic mass is 16.6. The van der Waals surface area contributed by atoms with Crippen molar-refractivity contribution in [1.82, 2.24) is 0 Å². The summed E-state index contributed by atoms with van der Waals surface area (Å²) in [6, 6.07) is 0. The SMILES string of the molecule is CCCCCCCCCCCCC/C=C/O[C@H](CO)[C@H]1OC[C@H](O)[C@H]1O. The van der Waals surface area contributed by atoms with E-state index < -0.39 is 24.4 Å². The van der Waals surface area contributed by atoms with E-state index in [-0.39, 0.29) is 13.2 Å². The normalized spacial score (nSPS) is 24.4. The van der Waals surface area contributed by atoms with Crippen LogP contribution in [0.1, 0.15) is 84.0 Å². The molecule has 0 amide bonds. The van der Waals surface area contributed by atoms with Crippen LogP contribution in [-0.4, -0.2) is 52.9 Å². The Morgan fingerprint density at radius 3 is 2.04 bits per heavy atom. The summed E-state index contributed by atoms with van der Waals surface area (Å²) in [4.78, 5) is 0. The molecule has 1 rings (SSSR count). The molecule has 0 radical (unpaired) electrons. The van der Waals surface area contributed by atoms with E-state index in [0.29, 0.717) is 0 Å². The third-order valence-electron chi connectivity index (χ3n) is 5.06. The molecule has 0 unspecified atom stereocenters. The van der Waals surface area contributed by atoms with E-state index in [1.807, 2.05) is 6.08 Å². The molecule has 154 valence electrons. The highest BCUT2D eigenvalue weighted by molar-refractivity contribution is 4.90. The van der Waals surface area contributed by atoms with Crippen molar-refractivity contribution < 1.29 is 24.8 Å². The number of allylic oxidation sites excluding steroid dienone is 1. The molecule has 1 heterocycles. The van der Waals surface area contributed by atoms with Crippen molar-refractivity contribution >= 4 is 0 Å². The second-order valence-electron chi connectivity index (χ2n) is 7.41. The van der Waals surface area contributed by atoms with Gasteiger partial charge < -0.3 is 24.8 Å². The molecule has 4 atom stereocenters. The van der Waals surface area contributed by atoms with Crippen molar-refractivity contribution in [3.63, 3.8) is 0 Å². The lowest BCUT2D eigenvalue weighted by atomic mass is 10.1. The fourth-order valence-corrected chi connectivity index (χ4v) is 3.33. The first-order valence-electron chi connectivity index (χ1n) is 10.6. The molecule has 0 aromatic carbocycles. The van der Waals surface area contributed by atoms with Crippen LogP contribution in [0.25, 0.3) is 0 Å². The van der Waals surface area contributed by atoms with Crippen molar-refractivity contribution in [2.24, 2.45) is 0 Å². The maximum atomic E-state index is 9.78. The molecule has 1 fully saturated rings. The molecule has 0 saturated carbocycles. The van der Waals surface area contributed by atoms with E-state index in [4.69, 9.17) is 9.47 Å². The predicted molar refractivity (Wildman–Crippen MR) is 104 cm³/mol. The summed E-state index contributed by atoms with van der Waals surface area (Å²) in [6.07, 6.45) is 15.9. The molecule has 5 nitrogen and oxygen atoms in total. The van der Waals surface area contributed by atoms with Crippen LogP contribution >= 0.6 is 0 Å². The molecule has 1 aliphatic rings. The zero-order valence-corrected chi connectivity index (χ0v) is 16.5. The third kappa shape index (κ3) is 9.91. The maximum Gasteiger partial charge on any atom is 0.149 e. The summed E-state index contributed by atoms with van der Waals surface area (Å²) in [5, 5.41) is 28.6. The van der Waals surface area contributed by atoms with Gasteiger partial charge in [-0.05, 0) is 18.9 Å². The van der Waals surface area contributed by atoms with E-state index in [2.05, 4.69) is 6.92 Å². The van der Waals surface area contributed by atoms with Crippen molar-refractivity contribution in [3.05, 3.63) is 12.3 Å². The fraction of sp³-hybridized carbons (Fsp3) is 0.905. The number of unbranched alkanes of at least 4 members (excludes halogenated alkanes) is 11. The predicted octanol–water partition coefficient (Wildman–Crippen LogP) is 3.70. The average Bonchev–Trinajstić information content (AvgIpc) is 2.98. The van der Waals surface area contributed by atoms with Gasteiger partial charge in [0.2, 0.25) is 0 Å². The van der Waals surface area contributed by atoms with E-state index in [9.17, 15) is 15.3 Å². The van der Waals surface area contributed by atoms with Crippen LogP contribution in [0.15, 0.2) is 12.3 Å². The van der Waals surface area contributed by atoms with Crippen LogP contribution in [0.4, 0.5) is 0 Å². The van der Waals surface area contributed by atoms with Crippen molar-refractivity contribution in [3.8, 4) is 0 Å². The van der Waals surface area contributed by atoms with Crippen LogP contribution in [0.3, 0.4) is 0 Å². The molecule has 1 saturated heterocycles. The van der Waals surface area contributed by atoms with Gasteiger partial charge in [-0.15, -0.1) is 0 Å². The molecule has 1 aliphatic heterocycles. The minimum atomic E-state index is -1.01. The third-order valence-corrected chi connectivity index (χ3v) is 5.06. The highest BCUT2D eigenvalue weighted by Crippen LogP contribution is 2.19. The quantitative estimate of drug-likeness (QED) is 0.284. The zero-order chi connectivity index (χ0) is 19.0. The lowest BCUT2D eigenvalue weighted by Gasteiger charge is -2.23. The van der Waals surface area contributed by atoms with E-state index in [1.54, 1.807) is 6.26 Å². The Labute approximate surface area is 159 Å². The Kier molecular flexibility index (Phi) is 13.9. The van der Waals surface area contributed by atoms with Gasteiger partial charge in [0.05, 0.1) is 19.5 Å². The number of hydrogen-bond donors (Lipinski definition) is 3. The van der Waals surface area contributed by atoms with Crippen LogP contribution in [-0.2, 0) is 9.47 Å². The largest absolute Gasteiger partial charge is 0.493 e. The molecular weight excluding hydrogens is 332 g/mol. The summed E-state index contributed by atoms with van der Waals surface area (Å²) >= 11 is 0. The molecule has 0 aromatic heterocycles. The van der Waals surface area contributed by atoms with Gasteiger partial charge in [0.15, 0.2) is 0 Å². The second kappa shape index (κ2) is 15.4. The fourth-order valence-electron chi connectivity index (χ4n) is 3.33. The molecule has 5 heteroatoms. The smallest absolute Gasteiger partial charge is 0.149 e. The minimum absolute atomic E-state index is 0.0775. The highest BCUT2D eigenvalue weighted by Gasteiger charge is 2.40. The molecule has 0 bridgehead atoms. The van der Waals surface area contributed by atoms with Crippen LogP contribution in [0.2, 0.25) is 0 Å². The summed E-state index contributed by atoms with van der Waals surface area (Å²) in [5.74, 6) is 0. The minimum Gasteiger partial charge on any atom is -0.493 e. The Hall–Kier alpha value is -0.620. The van der Waals surface area contributed by atoms with Gasteiger partial charge in [-0.3, -0.25) is 0 Å². The van der Waals surface area contributed by atoms with Gasteiger partial charge in [-0.2, -0.15) is 0 Å². The summed E-state index contributed by atoms with van der Waals surface area (Å²) in [6.45, 7) is 2.08. The number of ether oxygens (including phenoxy) is 2. The Balaban J connectivity index is 1.94. The maximum absolute atomic E-state index is 9.78. The van der Waals surface area contributed by atoms with Gasteiger partial charge in [0.25, 0.3) is 0 Å². The first-order chi connectivity index (χ1) is 12.7. The van der Waals surface area contributed by atoms with Gasteiger partial charge in [0.1, 0.15) is 24.4 Å². The van der Waals surface area contributed by atoms with E-state index in [0.717, 1.165) is 12.8 Å². The monoisotopic (exact) mass is 372 g/mol. The van der Waals surface area contributed by atoms with Crippen LogP contribution < -0.4 is 0 Å². The van der Waals surface area contributed by atoms with Crippen molar-refractivity contribution in [1.29, 1.82) is 0 Å². The van der Waals surface area contributed by atoms with Crippen LogP contribution in [0.5, 0.6) is 0 Å². The van der Waals surface area contributed by atoms with Crippen molar-refractivity contribution in [2.45, 2.75) is 108 Å². The van der Waals surface area contributed by atoms with Crippen LogP contribution in [0, 0.1) is 0 Å². The van der Waals surface area contributed by atoms with Gasteiger partial charge in [-0.1, -0.05) is 71.1 Å². The molecular formula is C21H40O5. The lowest BCUT2D eigenvalue weighted by molar-refractivity contribution is -0.0737. The van der Waals surface area contributed by atoms with Crippen molar-refractivity contribution in [2.75, 3.05) is 13.2 Å².